The lowest BCUT2D eigenvalue weighted by Gasteiger charge is -2.11. The second-order valence-corrected chi connectivity index (χ2v) is 8.39. The number of sulfonamides is 1. The van der Waals surface area contributed by atoms with Gasteiger partial charge < -0.3 is 10.1 Å². The minimum absolute atomic E-state index is 0.157. The maximum Gasteiger partial charge on any atom is 0.261 e. The molecule has 0 saturated heterocycles. The molecule has 0 unspecified atom stereocenters. The van der Waals surface area contributed by atoms with Crippen LogP contribution in [0, 0.1) is 0 Å². The van der Waals surface area contributed by atoms with Gasteiger partial charge in [-0.3, -0.25) is 10.1 Å². The summed E-state index contributed by atoms with van der Waals surface area (Å²) < 4.78 is 32.7. The minimum Gasteiger partial charge on any atom is -0.497 e. The van der Waals surface area contributed by atoms with E-state index in [0.717, 1.165) is 5.56 Å². The maximum absolute atomic E-state index is 12.5. The van der Waals surface area contributed by atoms with Crippen LogP contribution in [-0.4, -0.2) is 32.4 Å². The van der Waals surface area contributed by atoms with Gasteiger partial charge in [0.05, 0.1) is 17.7 Å². The standard InChI is InChI=1S/C19H24N4O3S2/c1-13(2)20-19(27)22-21-14(3)15-5-11-18(12-6-15)28(24,25)23-16-7-9-17(26-4)10-8-16/h5-13,23H,1-4H3,(H2,20,22,27)/b21-14-. The Morgan fingerprint density at radius 3 is 2.21 bits per heavy atom. The number of nitrogens with zero attached hydrogens (tertiary/aromatic N) is 1. The van der Waals surface area contributed by atoms with E-state index in [1.807, 2.05) is 20.8 Å². The van der Waals surface area contributed by atoms with Gasteiger partial charge in [-0.15, -0.1) is 0 Å². The lowest BCUT2D eigenvalue weighted by Crippen LogP contribution is -2.37. The van der Waals surface area contributed by atoms with Crippen molar-refractivity contribution in [1.82, 2.24) is 10.7 Å². The number of anilines is 1. The summed E-state index contributed by atoms with van der Waals surface area (Å²) in [6.45, 7) is 5.76. The van der Waals surface area contributed by atoms with Crippen molar-refractivity contribution in [3.63, 3.8) is 0 Å². The van der Waals surface area contributed by atoms with Crippen molar-refractivity contribution < 1.29 is 13.2 Å². The highest BCUT2D eigenvalue weighted by molar-refractivity contribution is 7.92. The van der Waals surface area contributed by atoms with Gasteiger partial charge in [0.25, 0.3) is 10.0 Å². The molecule has 2 rings (SSSR count). The zero-order valence-electron chi connectivity index (χ0n) is 16.2. The van der Waals surface area contributed by atoms with E-state index < -0.39 is 10.0 Å². The third kappa shape index (κ3) is 6.21. The third-order valence-corrected chi connectivity index (χ3v) is 5.28. The molecule has 0 amide bonds. The molecule has 0 aliphatic rings. The van der Waals surface area contributed by atoms with E-state index in [9.17, 15) is 8.42 Å². The van der Waals surface area contributed by atoms with Crippen LogP contribution in [0.15, 0.2) is 58.5 Å². The van der Waals surface area contributed by atoms with Crippen LogP contribution in [0.3, 0.4) is 0 Å². The predicted octanol–water partition coefficient (Wildman–Crippen LogP) is 3.09. The Bertz CT molecular complexity index is 938. The van der Waals surface area contributed by atoms with Crippen molar-refractivity contribution >= 4 is 38.8 Å². The number of hydrazone groups is 1. The second kappa shape index (κ2) is 9.52. The van der Waals surface area contributed by atoms with E-state index in [2.05, 4.69) is 20.6 Å². The molecular formula is C19H24N4O3S2. The molecule has 0 heterocycles. The molecule has 0 aliphatic carbocycles. The molecule has 0 aromatic heterocycles. The van der Waals surface area contributed by atoms with Crippen LogP contribution < -0.4 is 20.2 Å². The summed E-state index contributed by atoms with van der Waals surface area (Å²) in [5.74, 6) is 0.652. The van der Waals surface area contributed by atoms with Crippen LogP contribution in [0.25, 0.3) is 0 Å². The summed E-state index contributed by atoms with van der Waals surface area (Å²) in [5.41, 5.74) is 4.68. The first-order valence-electron chi connectivity index (χ1n) is 8.59. The highest BCUT2D eigenvalue weighted by Gasteiger charge is 2.14. The fourth-order valence-corrected chi connectivity index (χ4v) is 3.58. The topological polar surface area (TPSA) is 91.8 Å². The maximum atomic E-state index is 12.5. The van der Waals surface area contributed by atoms with Gasteiger partial charge in [-0.1, -0.05) is 12.1 Å². The van der Waals surface area contributed by atoms with E-state index in [4.69, 9.17) is 17.0 Å². The summed E-state index contributed by atoms with van der Waals surface area (Å²) in [4.78, 5) is 0.157. The monoisotopic (exact) mass is 420 g/mol. The average Bonchev–Trinajstić information content (AvgIpc) is 2.66. The number of benzene rings is 2. The van der Waals surface area contributed by atoms with Gasteiger partial charge in [-0.2, -0.15) is 5.10 Å². The summed E-state index contributed by atoms with van der Waals surface area (Å²) in [6.07, 6.45) is 0. The SMILES string of the molecule is COc1ccc(NS(=O)(=O)c2ccc(/C(C)=N\NC(=S)NC(C)C)cc2)cc1. The zero-order chi connectivity index (χ0) is 20.7. The van der Waals surface area contributed by atoms with Crippen LogP contribution in [0.1, 0.15) is 26.3 Å². The van der Waals surface area contributed by atoms with Crippen molar-refractivity contribution in [2.45, 2.75) is 31.7 Å². The molecule has 2 aromatic carbocycles. The Morgan fingerprint density at radius 2 is 1.68 bits per heavy atom. The molecular weight excluding hydrogens is 396 g/mol. The largest absolute Gasteiger partial charge is 0.497 e. The van der Waals surface area contributed by atoms with E-state index >= 15 is 0 Å². The van der Waals surface area contributed by atoms with Crippen molar-refractivity contribution in [2.75, 3.05) is 11.8 Å². The number of ether oxygens (including phenoxy) is 1. The average molecular weight is 421 g/mol. The molecule has 9 heteroatoms. The van der Waals surface area contributed by atoms with Crippen LogP contribution in [-0.2, 0) is 10.0 Å². The van der Waals surface area contributed by atoms with Crippen LogP contribution in [0.5, 0.6) is 5.75 Å². The normalized spacial score (nSPS) is 11.8. The number of nitrogens with one attached hydrogen (secondary N) is 3. The lowest BCUT2D eigenvalue weighted by atomic mass is 10.1. The predicted molar refractivity (Wildman–Crippen MR) is 116 cm³/mol. The van der Waals surface area contributed by atoms with E-state index in [1.54, 1.807) is 43.5 Å². The zero-order valence-corrected chi connectivity index (χ0v) is 17.8. The molecule has 0 atom stereocenters. The Balaban J connectivity index is 2.08. The van der Waals surface area contributed by atoms with Crippen molar-refractivity contribution in [1.29, 1.82) is 0 Å². The van der Waals surface area contributed by atoms with E-state index in [1.165, 1.54) is 12.1 Å². The first kappa shape index (κ1) is 21.6. The Hall–Kier alpha value is -2.65. The molecule has 150 valence electrons. The van der Waals surface area contributed by atoms with Crippen LogP contribution in [0.2, 0.25) is 0 Å². The van der Waals surface area contributed by atoms with Crippen LogP contribution >= 0.6 is 12.2 Å². The van der Waals surface area contributed by atoms with Gasteiger partial charge in [0.15, 0.2) is 5.11 Å². The van der Waals surface area contributed by atoms with Crippen molar-refractivity contribution in [3.8, 4) is 5.75 Å². The van der Waals surface area contributed by atoms with Gasteiger partial charge in [-0.05, 0) is 75.0 Å². The summed E-state index contributed by atoms with van der Waals surface area (Å²) in [5, 5.41) is 7.66. The highest BCUT2D eigenvalue weighted by Crippen LogP contribution is 2.19. The fourth-order valence-electron chi connectivity index (χ4n) is 2.24. The van der Waals surface area contributed by atoms with Gasteiger partial charge in [0.1, 0.15) is 5.75 Å². The molecule has 3 N–H and O–H groups in total. The Labute approximate surface area is 171 Å². The third-order valence-electron chi connectivity index (χ3n) is 3.67. The number of thiocarbonyl (C=S) groups is 1. The summed E-state index contributed by atoms with van der Waals surface area (Å²) in [7, 11) is -2.14. The minimum atomic E-state index is -3.69. The lowest BCUT2D eigenvalue weighted by molar-refractivity contribution is 0.415. The van der Waals surface area contributed by atoms with Crippen molar-refractivity contribution in [3.05, 3.63) is 54.1 Å². The van der Waals surface area contributed by atoms with E-state index in [-0.39, 0.29) is 10.9 Å². The molecule has 0 saturated carbocycles. The fraction of sp³-hybridized carbons (Fsp3) is 0.263. The number of rotatable bonds is 7. The molecule has 0 spiro atoms. The summed E-state index contributed by atoms with van der Waals surface area (Å²) in [6, 6.07) is 13.3. The van der Waals surface area contributed by atoms with Gasteiger partial charge >= 0.3 is 0 Å². The molecule has 0 radical (unpaired) electrons. The highest BCUT2D eigenvalue weighted by atomic mass is 32.2. The number of methoxy groups -OCH3 is 1. The van der Waals surface area contributed by atoms with Gasteiger partial charge in [-0.25, -0.2) is 8.42 Å². The molecule has 0 bridgehead atoms. The first-order chi connectivity index (χ1) is 13.2. The Morgan fingerprint density at radius 1 is 1.07 bits per heavy atom. The second-order valence-electron chi connectivity index (χ2n) is 6.30. The summed E-state index contributed by atoms with van der Waals surface area (Å²) >= 11 is 5.12. The Kier molecular flexibility index (Phi) is 7.36. The molecule has 0 aliphatic heterocycles. The number of hydrogen-bond donors (Lipinski definition) is 3. The van der Waals surface area contributed by atoms with Crippen molar-refractivity contribution in [2.24, 2.45) is 5.10 Å². The van der Waals surface area contributed by atoms with Gasteiger partial charge in [0.2, 0.25) is 0 Å². The molecule has 28 heavy (non-hydrogen) atoms. The smallest absolute Gasteiger partial charge is 0.261 e. The van der Waals surface area contributed by atoms with E-state index in [0.29, 0.717) is 22.3 Å². The number of hydrogen-bond acceptors (Lipinski definition) is 5. The van der Waals surface area contributed by atoms with Crippen LogP contribution in [0.4, 0.5) is 5.69 Å². The molecule has 2 aromatic rings. The first-order valence-corrected chi connectivity index (χ1v) is 10.5. The molecule has 7 nitrogen and oxygen atoms in total. The van der Waals surface area contributed by atoms with Gasteiger partial charge in [0, 0.05) is 11.7 Å². The quantitative estimate of drug-likeness (QED) is 0.362. The molecule has 0 fully saturated rings.